The Balaban J connectivity index is 1.46. The van der Waals surface area contributed by atoms with E-state index in [1.165, 1.54) is 30.9 Å². The number of hydrogen-bond acceptors (Lipinski definition) is 2. The van der Waals surface area contributed by atoms with Crippen LogP contribution in [-0.2, 0) is 9.47 Å². The van der Waals surface area contributed by atoms with Crippen LogP contribution >= 0.6 is 0 Å². The molecule has 0 N–H and O–H groups in total. The van der Waals surface area contributed by atoms with Gasteiger partial charge in [-0.05, 0) is 48.4 Å². The van der Waals surface area contributed by atoms with E-state index in [0.29, 0.717) is 30.6 Å². The van der Waals surface area contributed by atoms with E-state index in [4.69, 9.17) is 9.47 Å². The highest BCUT2D eigenvalue weighted by atomic mass is 19.4. The molecule has 1 aliphatic heterocycles. The van der Waals surface area contributed by atoms with Crippen LogP contribution in [0.2, 0.25) is 0 Å². The Morgan fingerprint density at radius 2 is 1.44 bits per heavy atom. The maximum absolute atomic E-state index is 14.8. The molecule has 1 heterocycles. The molecule has 8 heteroatoms. The normalized spacial score (nSPS) is 25.5. The fourth-order valence-electron chi connectivity index (χ4n) is 4.63. The van der Waals surface area contributed by atoms with Crippen molar-refractivity contribution in [2.75, 3.05) is 13.2 Å². The quantitative estimate of drug-likeness (QED) is 0.341. The molecule has 2 aliphatic rings. The molecule has 0 spiro atoms. The number of halogens is 6. The minimum atomic E-state index is -4.89. The van der Waals surface area contributed by atoms with Gasteiger partial charge in [0.1, 0.15) is 17.5 Å². The Bertz CT molecular complexity index is 1060. The van der Waals surface area contributed by atoms with Crippen molar-refractivity contribution in [1.82, 2.24) is 0 Å². The van der Waals surface area contributed by atoms with Crippen molar-refractivity contribution >= 4 is 0 Å². The van der Waals surface area contributed by atoms with Crippen LogP contribution in [0.1, 0.15) is 50.0 Å². The standard InChI is InChI=1S/C26H24F6O2/c1-15-2-4-16(5-3-15)19-13-33-25(34-14-19)17-6-7-20(22(27)10-17)18-11-23(28)21(24(29)12-18)8-9-26(30,31)32/h6-7,10-12,15-16,19,25H,2-5,13-14H2,1H3. The van der Waals surface area contributed by atoms with E-state index in [9.17, 15) is 26.3 Å². The van der Waals surface area contributed by atoms with Gasteiger partial charge in [-0.2, -0.15) is 13.2 Å². The molecule has 0 aromatic heterocycles. The summed E-state index contributed by atoms with van der Waals surface area (Å²) in [7, 11) is 0. The molecule has 1 saturated carbocycles. The first kappa shape index (κ1) is 24.6. The van der Waals surface area contributed by atoms with Gasteiger partial charge in [0, 0.05) is 23.0 Å². The zero-order valence-corrected chi connectivity index (χ0v) is 18.5. The lowest BCUT2D eigenvalue weighted by Crippen LogP contribution is -2.34. The summed E-state index contributed by atoms with van der Waals surface area (Å²) in [5, 5.41) is 0. The van der Waals surface area contributed by atoms with Crippen molar-refractivity contribution < 1.29 is 35.8 Å². The van der Waals surface area contributed by atoms with Gasteiger partial charge in [-0.25, -0.2) is 13.2 Å². The first-order chi connectivity index (χ1) is 16.1. The molecule has 2 nitrogen and oxygen atoms in total. The average Bonchev–Trinajstić information content (AvgIpc) is 2.78. The van der Waals surface area contributed by atoms with Crippen LogP contribution in [0, 0.1) is 47.0 Å². The fourth-order valence-corrected chi connectivity index (χ4v) is 4.63. The smallest absolute Gasteiger partial charge is 0.348 e. The van der Waals surface area contributed by atoms with Crippen LogP contribution < -0.4 is 0 Å². The summed E-state index contributed by atoms with van der Waals surface area (Å²) >= 11 is 0. The number of hydrogen-bond donors (Lipinski definition) is 0. The Morgan fingerprint density at radius 1 is 0.824 bits per heavy atom. The van der Waals surface area contributed by atoms with E-state index < -0.39 is 35.5 Å². The predicted molar refractivity (Wildman–Crippen MR) is 114 cm³/mol. The second-order valence-electron chi connectivity index (χ2n) is 9.08. The molecule has 1 aliphatic carbocycles. The van der Waals surface area contributed by atoms with E-state index in [1.807, 2.05) is 0 Å². The van der Waals surface area contributed by atoms with Gasteiger partial charge in [0.25, 0.3) is 0 Å². The number of benzene rings is 2. The van der Waals surface area contributed by atoms with Gasteiger partial charge in [-0.1, -0.05) is 37.8 Å². The highest BCUT2D eigenvalue weighted by Gasteiger charge is 2.32. The highest BCUT2D eigenvalue weighted by molar-refractivity contribution is 5.66. The van der Waals surface area contributed by atoms with Crippen molar-refractivity contribution in [3.05, 3.63) is 58.9 Å². The van der Waals surface area contributed by atoms with Crippen LogP contribution in [0.3, 0.4) is 0 Å². The zero-order chi connectivity index (χ0) is 24.5. The molecule has 2 aromatic carbocycles. The minimum Gasteiger partial charge on any atom is -0.348 e. The molecule has 0 unspecified atom stereocenters. The van der Waals surface area contributed by atoms with Crippen molar-refractivity contribution in [2.24, 2.45) is 17.8 Å². The largest absolute Gasteiger partial charge is 0.458 e. The molecule has 4 rings (SSSR count). The summed E-state index contributed by atoms with van der Waals surface area (Å²) < 4.78 is 91.7. The summed E-state index contributed by atoms with van der Waals surface area (Å²) in [5.74, 6) is 0.508. The lowest BCUT2D eigenvalue weighted by atomic mass is 9.76. The van der Waals surface area contributed by atoms with Gasteiger partial charge in [0.05, 0.1) is 18.8 Å². The van der Waals surface area contributed by atoms with E-state index in [2.05, 4.69) is 6.92 Å². The van der Waals surface area contributed by atoms with Gasteiger partial charge in [-0.3, -0.25) is 0 Å². The van der Waals surface area contributed by atoms with Crippen molar-refractivity contribution in [2.45, 2.75) is 45.1 Å². The first-order valence-electron chi connectivity index (χ1n) is 11.2. The fraction of sp³-hybridized carbons (Fsp3) is 0.462. The second-order valence-corrected chi connectivity index (χ2v) is 9.08. The van der Waals surface area contributed by atoms with E-state index in [1.54, 1.807) is 6.07 Å². The Labute approximate surface area is 194 Å². The lowest BCUT2D eigenvalue weighted by Gasteiger charge is -2.37. The van der Waals surface area contributed by atoms with Crippen LogP contribution in [0.25, 0.3) is 11.1 Å². The summed E-state index contributed by atoms with van der Waals surface area (Å²) in [5.41, 5.74) is -0.856. The number of rotatable bonds is 3. The molecule has 0 atom stereocenters. The van der Waals surface area contributed by atoms with Gasteiger partial charge in [-0.15, -0.1) is 0 Å². The molecule has 2 fully saturated rings. The zero-order valence-electron chi connectivity index (χ0n) is 18.5. The highest BCUT2D eigenvalue weighted by Crippen LogP contribution is 2.38. The van der Waals surface area contributed by atoms with Crippen LogP contribution in [0.15, 0.2) is 30.3 Å². The Morgan fingerprint density at radius 3 is 2.00 bits per heavy atom. The average molecular weight is 482 g/mol. The molecule has 2 aromatic rings. The molecule has 1 saturated heterocycles. The maximum atomic E-state index is 14.8. The maximum Gasteiger partial charge on any atom is 0.458 e. The molecule has 182 valence electrons. The van der Waals surface area contributed by atoms with Crippen LogP contribution in [0.4, 0.5) is 26.3 Å². The molecular formula is C26H24F6O2. The molecule has 0 radical (unpaired) electrons. The van der Waals surface area contributed by atoms with E-state index in [0.717, 1.165) is 36.8 Å². The second kappa shape index (κ2) is 10.0. The van der Waals surface area contributed by atoms with Crippen molar-refractivity contribution in [3.63, 3.8) is 0 Å². The van der Waals surface area contributed by atoms with E-state index in [-0.39, 0.29) is 11.1 Å². The summed E-state index contributed by atoms with van der Waals surface area (Å²) in [6, 6.07) is 5.56. The third-order valence-electron chi connectivity index (χ3n) is 6.60. The van der Waals surface area contributed by atoms with Crippen molar-refractivity contribution in [1.29, 1.82) is 0 Å². The monoisotopic (exact) mass is 482 g/mol. The van der Waals surface area contributed by atoms with E-state index >= 15 is 0 Å². The summed E-state index contributed by atoms with van der Waals surface area (Å²) in [6.45, 7) is 3.30. The Kier molecular flexibility index (Phi) is 7.25. The molecule has 34 heavy (non-hydrogen) atoms. The molecule has 0 amide bonds. The Hall–Kier alpha value is -2.50. The molecular weight excluding hydrogens is 458 g/mol. The van der Waals surface area contributed by atoms with Crippen LogP contribution in [0.5, 0.6) is 0 Å². The summed E-state index contributed by atoms with van der Waals surface area (Å²) in [6.07, 6.45) is -0.920. The van der Waals surface area contributed by atoms with Crippen LogP contribution in [-0.4, -0.2) is 19.4 Å². The van der Waals surface area contributed by atoms with Gasteiger partial charge < -0.3 is 9.47 Å². The SMILES string of the molecule is CC1CCC(C2COC(c3ccc(-c4cc(F)c(C#CC(F)(F)F)c(F)c4)c(F)c3)OC2)CC1. The van der Waals surface area contributed by atoms with Gasteiger partial charge in [0.15, 0.2) is 6.29 Å². The van der Waals surface area contributed by atoms with Gasteiger partial charge >= 0.3 is 6.18 Å². The minimum absolute atomic E-state index is 0.109. The summed E-state index contributed by atoms with van der Waals surface area (Å²) in [4.78, 5) is 0. The first-order valence-corrected chi connectivity index (χ1v) is 11.2. The predicted octanol–water partition coefficient (Wildman–Crippen LogP) is 7.17. The molecule has 0 bridgehead atoms. The number of alkyl halides is 3. The number of ether oxygens (including phenoxy) is 2. The van der Waals surface area contributed by atoms with Crippen molar-refractivity contribution in [3.8, 4) is 23.0 Å². The lowest BCUT2D eigenvalue weighted by molar-refractivity contribution is -0.214. The van der Waals surface area contributed by atoms with Gasteiger partial charge in [0.2, 0.25) is 0 Å². The third-order valence-corrected chi connectivity index (χ3v) is 6.60. The topological polar surface area (TPSA) is 18.5 Å². The third kappa shape index (κ3) is 5.76.